The third kappa shape index (κ3) is 4.19. The van der Waals surface area contributed by atoms with Crippen LogP contribution in [0.3, 0.4) is 0 Å². The smallest absolute Gasteiger partial charge is 0.253 e. The monoisotopic (exact) mass is 347 g/mol. The van der Waals surface area contributed by atoms with Gasteiger partial charge in [-0.15, -0.1) is 11.3 Å². The van der Waals surface area contributed by atoms with Gasteiger partial charge >= 0.3 is 0 Å². The molecule has 1 aromatic heterocycles. The number of carbonyl (C=O) groups is 1. The van der Waals surface area contributed by atoms with Crippen molar-refractivity contribution >= 4 is 17.2 Å². The summed E-state index contributed by atoms with van der Waals surface area (Å²) in [6, 6.07) is 5.77. The molecule has 24 heavy (non-hydrogen) atoms. The van der Waals surface area contributed by atoms with Gasteiger partial charge in [-0.05, 0) is 37.1 Å². The van der Waals surface area contributed by atoms with E-state index in [2.05, 4.69) is 22.2 Å². The van der Waals surface area contributed by atoms with Crippen molar-refractivity contribution in [1.29, 1.82) is 0 Å². The molecule has 0 bridgehead atoms. The zero-order valence-electron chi connectivity index (χ0n) is 13.9. The second-order valence-electron chi connectivity index (χ2n) is 6.06. The summed E-state index contributed by atoms with van der Waals surface area (Å²) in [5.74, 6) is -0.337. The molecule has 128 valence electrons. The fourth-order valence-corrected chi connectivity index (χ4v) is 3.75. The first kappa shape index (κ1) is 17.0. The van der Waals surface area contributed by atoms with Gasteiger partial charge in [-0.25, -0.2) is 9.37 Å². The molecule has 6 heteroatoms. The molecular formula is C18H22FN3OS. The molecule has 2 aromatic rings. The van der Waals surface area contributed by atoms with Crippen LogP contribution in [-0.2, 0) is 13.0 Å². The summed E-state index contributed by atoms with van der Waals surface area (Å²) >= 11 is 1.73. The van der Waals surface area contributed by atoms with E-state index >= 15 is 0 Å². The molecular weight excluding hydrogens is 325 g/mol. The van der Waals surface area contributed by atoms with Gasteiger partial charge in [0.15, 0.2) is 0 Å². The van der Waals surface area contributed by atoms with E-state index in [0.29, 0.717) is 18.7 Å². The van der Waals surface area contributed by atoms with Crippen LogP contribution in [-0.4, -0.2) is 46.9 Å². The summed E-state index contributed by atoms with van der Waals surface area (Å²) in [7, 11) is 0. The molecule has 1 aromatic carbocycles. The van der Waals surface area contributed by atoms with Crippen molar-refractivity contribution in [2.45, 2.75) is 26.3 Å². The van der Waals surface area contributed by atoms with Crippen LogP contribution in [0.1, 0.15) is 34.4 Å². The quantitative estimate of drug-likeness (QED) is 0.833. The van der Waals surface area contributed by atoms with E-state index in [9.17, 15) is 9.18 Å². The summed E-state index contributed by atoms with van der Waals surface area (Å²) in [4.78, 5) is 21.3. The molecule has 0 spiro atoms. The van der Waals surface area contributed by atoms with E-state index in [-0.39, 0.29) is 11.7 Å². The minimum atomic E-state index is -0.318. The molecule has 1 aliphatic heterocycles. The lowest BCUT2D eigenvalue weighted by molar-refractivity contribution is 0.0627. The molecule has 1 saturated heterocycles. The lowest BCUT2D eigenvalue weighted by atomic mass is 10.1. The molecule has 0 unspecified atom stereocenters. The Morgan fingerprint density at radius 2 is 1.92 bits per heavy atom. The number of amides is 1. The highest BCUT2D eigenvalue weighted by Crippen LogP contribution is 2.15. The zero-order chi connectivity index (χ0) is 16.9. The number of carbonyl (C=O) groups excluding carboxylic acids is 1. The summed E-state index contributed by atoms with van der Waals surface area (Å²) in [6.07, 6.45) is 2.17. The van der Waals surface area contributed by atoms with E-state index in [4.69, 9.17) is 0 Å². The lowest BCUT2D eigenvalue weighted by Crippen LogP contribution is -2.48. The first-order chi connectivity index (χ1) is 11.7. The number of rotatable bonds is 5. The second kappa shape index (κ2) is 7.85. The van der Waals surface area contributed by atoms with Crippen LogP contribution >= 0.6 is 11.3 Å². The van der Waals surface area contributed by atoms with Crippen LogP contribution in [0, 0.1) is 5.82 Å². The van der Waals surface area contributed by atoms with Crippen molar-refractivity contribution in [3.8, 4) is 0 Å². The number of hydrogen-bond acceptors (Lipinski definition) is 4. The van der Waals surface area contributed by atoms with E-state index < -0.39 is 0 Å². The van der Waals surface area contributed by atoms with Gasteiger partial charge in [0.05, 0.1) is 10.7 Å². The van der Waals surface area contributed by atoms with E-state index in [1.54, 1.807) is 23.5 Å². The summed E-state index contributed by atoms with van der Waals surface area (Å²) in [5.41, 5.74) is 1.68. The summed E-state index contributed by atoms with van der Waals surface area (Å²) < 4.78 is 13.0. The average Bonchev–Trinajstić information content (AvgIpc) is 3.03. The largest absolute Gasteiger partial charge is 0.336 e. The van der Waals surface area contributed by atoms with Gasteiger partial charge in [-0.1, -0.05) is 6.92 Å². The van der Waals surface area contributed by atoms with Gasteiger partial charge in [-0.2, -0.15) is 0 Å². The Balaban J connectivity index is 1.51. The molecule has 4 nitrogen and oxygen atoms in total. The fraction of sp³-hybridized carbons (Fsp3) is 0.444. The maximum absolute atomic E-state index is 13.0. The molecule has 2 heterocycles. The molecule has 0 radical (unpaired) electrons. The summed E-state index contributed by atoms with van der Waals surface area (Å²) in [5, 5.41) is 3.35. The first-order valence-corrected chi connectivity index (χ1v) is 9.24. The van der Waals surface area contributed by atoms with Crippen LogP contribution in [0.2, 0.25) is 0 Å². The van der Waals surface area contributed by atoms with Crippen molar-refractivity contribution in [3.63, 3.8) is 0 Å². The molecule has 1 fully saturated rings. The first-order valence-electron chi connectivity index (χ1n) is 8.36. The number of nitrogens with zero attached hydrogens (tertiary/aromatic N) is 3. The number of thiazole rings is 1. The van der Waals surface area contributed by atoms with Crippen LogP contribution in [0.25, 0.3) is 0 Å². The van der Waals surface area contributed by atoms with Gasteiger partial charge < -0.3 is 4.90 Å². The Morgan fingerprint density at radius 3 is 2.58 bits per heavy atom. The topological polar surface area (TPSA) is 36.4 Å². The van der Waals surface area contributed by atoms with Gasteiger partial charge in [0.25, 0.3) is 5.91 Å². The highest BCUT2D eigenvalue weighted by atomic mass is 32.1. The highest BCUT2D eigenvalue weighted by molar-refractivity contribution is 7.09. The number of benzene rings is 1. The van der Waals surface area contributed by atoms with Crippen molar-refractivity contribution < 1.29 is 9.18 Å². The van der Waals surface area contributed by atoms with Gasteiger partial charge in [0.2, 0.25) is 0 Å². The van der Waals surface area contributed by atoms with Gasteiger partial charge in [-0.3, -0.25) is 9.69 Å². The third-order valence-electron chi connectivity index (χ3n) is 4.20. The van der Waals surface area contributed by atoms with Crippen molar-refractivity contribution in [2.75, 3.05) is 26.2 Å². The minimum Gasteiger partial charge on any atom is -0.336 e. The Morgan fingerprint density at radius 1 is 1.21 bits per heavy atom. The third-order valence-corrected chi connectivity index (χ3v) is 5.16. The molecule has 0 aliphatic carbocycles. The Bertz CT molecular complexity index is 678. The molecule has 1 aliphatic rings. The van der Waals surface area contributed by atoms with Crippen LogP contribution in [0.4, 0.5) is 4.39 Å². The normalized spacial score (nSPS) is 15.7. The van der Waals surface area contributed by atoms with Crippen molar-refractivity contribution in [2.24, 2.45) is 0 Å². The van der Waals surface area contributed by atoms with E-state index in [0.717, 1.165) is 38.2 Å². The molecule has 1 amide bonds. The predicted octanol–water partition coefficient (Wildman–Crippen LogP) is 3.19. The second-order valence-corrected chi connectivity index (χ2v) is 7.00. The van der Waals surface area contributed by atoms with Crippen molar-refractivity contribution in [1.82, 2.24) is 14.8 Å². The number of piperazine rings is 1. The average molecular weight is 347 g/mol. The van der Waals surface area contributed by atoms with E-state index in [1.165, 1.54) is 17.1 Å². The number of halogens is 1. The Labute approximate surface area is 145 Å². The fourth-order valence-electron chi connectivity index (χ4n) is 2.86. The predicted molar refractivity (Wildman–Crippen MR) is 93.7 cm³/mol. The van der Waals surface area contributed by atoms with Gasteiger partial charge in [0, 0.05) is 43.7 Å². The molecule has 0 N–H and O–H groups in total. The standard InChI is InChI=1S/C18H22FN3OS/c1-2-3-17-20-16(13-24-17)12-21-8-10-22(11-9-21)18(23)14-4-6-15(19)7-5-14/h4-7,13H,2-3,8-12H2,1H3. The number of aryl methyl sites for hydroxylation is 1. The van der Waals surface area contributed by atoms with E-state index in [1.807, 2.05) is 4.90 Å². The van der Waals surface area contributed by atoms with Gasteiger partial charge in [0.1, 0.15) is 5.82 Å². The van der Waals surface area contributed by atoms with Crippen LogP contribution in [0.5, 0.6) is 0 Å². The Kier molecular flexibility index (Phi) is 5.58. The molecule has 3 rings (SSSR count). The molecule has 0 atom stereocenters. The van der Waals surface area contributed by atoms with Crippen molar-refractivity contribution in [3.05, 3.63) is 51.7 Å². The zero-order valence-corrected chi connectivity index (χ0v) is 14.7. The van der Waals surface area contributed by atoms with Crippen LogP contribution in [0.15, 0.2) is 29.6 Å². The molecule has 0 saturated carbocycles. The maximum atomic E-state index is 13.0. The SMILES string of the molecule is CCCc1nc(CN2CCN(C(=O)c3ccc(F)cc3)CC2)cs1. The highest BCUT2D eigenvalue weighted by Gasteiger charge is 2.22. The maximum Gasteiger partial charge on any atom is 0.253 e. The number of hydrogen-bond donors (Lipinski definition) is 0. The summed E-state index contributed by atoms with van der Waals surface area (Å²) in [6.45, 7) is 6.09. The minimum absolute atomic E-state index is 0.0199. The lowest BCUT2D eigenvalue weighted by Gasteiger charge is -2.34. The Hall–Kier alpha value is -1.79. The van der Waals surface area contributed by atoms with Crippen LogP contribution < -0.4 is 0 Å². The number of aromatic nitrogens is 1.